The summed E-state index contributed by atoms with van der Waals surface area (Å²) < 4.78 is 0. The van der Waals surface area contributed by atoms with Crippen molar-refractivity contribution in [1.29, 1.82) is 0 Å². The molecule has 0 radical (unpaired) electrons. The summed E-state index contributed by atoms with van der Waals surface area (Å²) in [6.45, 7) is 1.60. The van der Waals surface area contributed by atoms with E-state index >= 15 is 0 Å². The van der Waals surface area contributed by atoms with E-state index in [4.69, 9.17) is 34.7 Å². The number of hydrazine groups is 1. The molecule has 2 heterocycles. The third-order valence-corrected chi connectivity index (χ3v) is 3.89. The first-order valence-electron chi connectivity index (χ1n) is 6.45. The van der Waals surface area contributed by atoms with E-state index in [2.05, 4.69) is 26.2 Å². The van der Waals surface area contributed by atoms with Gasteiger partial charge in [0.05, 0.1) is 15.6 Å². The largest absolute Gasteiger partial charge is 0.370 e. The Kier molecular flexibility index (Phi) is 3.66. The maximum atomic E-state index is 6.36. The SMILES string of the molecule is NC1=NC(N)(c2cc(Cl)c(C3=NCCCN3)c(Cl)c2)NN1. The zero-order valence-corrected chi connectivity index (χ0v) is 12.6. The molecule has 0 aromatic heterocycles. The number of hydrogen-bond acceptors (Lipinski definition) is 7. The Morgan fingerprint density at radius 1 is 1.24 bits per heavy atom. The van der Waals surface area contributed by atoms with Gasteiger partial charge in [-0.05, 0) is 18.6 Å². The van der Waals surface area contributed by atoms with Crippen molar-refractivity contribution in [3.05, 3.63) is 33.3 Å². The molecule has 1 unspecified atom stereocenters. The van der Waals surface area contributed by atoms with Gasteiger partial charge in [0.1, 0.15) is 5.84 Å². The monoisotopic (exact) mass is 327 g/mol. The average Bonchev–Trinajstić information content (AvgIpc) is 2.80. The van der Waals surface area contributed by atoms with Crippen molar-refractivity contribution < 1.29 is 0 Å². The maximum Gasteiger partial charge on any atom is 0.209 e. The van der Waals surface area contributed by atoms with E-state index in [1.807, 2.05) is 0 Å². The van der Waals surface area contributed by atoms with Gasteiger partial charge in [0, 0.05) is 18.7 Å². The highest BCUT2D eigenvalue weighted by atomic mass is 35.5. The second-order valence-corrected chi connectivity index (χ2v) is 5.65. The highest BCUT2D eigenvalue weighted by molar-refractivity contribution is 6.40. The van der Waals surface area contributed by atoms with Gasteiger partial charge in [0.2, 0.25) is 11.7 Å². The topological polar surface area (TPSA) is 113 Å². The molecule has 2 aliphatic rings. The standard InChI is InChI=1S/C12H15Cl2N7/c13-7-4-6(12(16)19-11(15)20-21-12)5-8(14)9(7)10-17-2-1-3-18-10/h4-5,21H,1-3,16H2,(H,17,18)(H3,15,19,20). The molecule has 7 N–H and O–H groups in total. The number of aliphatic imine (C=N–C) groups is 2. The van der Waals surface area contributed by atoms with E-state index in [1.54, 1.807) is 12.1 Å². The number of rotatable bonds is 2. The van der Waals surface area contributed by atoms with Crippen LogP contribution in [0.25, 0.3) is 0 Å². The lowest BCUT2D eigenvalue weighted by Crippen LogP contribution is -2.50. The molecule has 7 nitrogen and oxygen atoms in total. The Hall–Kier alpha value is -1.54. The second kappa shape index (κ2) is 5.34. The smallest absolute Gasteiger partial charge is 0.209 e. The molecule has 0 spiro atoms. The van der Waals surface area contributed by atoms with Crippen molar-refractivity contribution in [2.75, 3.05) is 13.1 Å². The van der Waals surface area contributed by atoms with Crippen LogP contribution in [0.4, 0.5) is 0 Å². The molecule has 3 rings (SSSR count). The fourth-order valence-corrected chi connectivity index (χ4v) is 2.93. The third-order valence-electron chi connectivity index (χ3n) is 3.29. The summed E-state index contributed by atoms with van der Waals surface area (Å²) in [7, 11) is 0. The number of hydrogen-bond donors (Lipinski definition) is 5. The molecule has 0 saturated heterocycles. The maximum absolute atomic E-state index is 6.36. The molecule has 112 valence electrons. The van der Waals surface area contributed by atoms with Crippen molar-refractivity contribution in [2.24, 2.45) is 21.5 Å². The van der Waals surface area contributed by atoms with Gasteiger partial charge in [-0.2, -0.15) is 5.43 Å². The van der Waals surface area contributed by atoms with E-state index in [9.17, 15) is 0 Å². The Bertz CT molecular complexity index is 619. The minimum Gasteiger partial charge on any atom is -0.370 e. The van der Waals surface area contributed by atoms with Gasteiger partial charge in [-0.15, -0.1) is 0 Å². The van der Waals surface area contributed by atoms with E-state index in [0.717, 1.165) is 19.5 Å². The van der Waals surface area contributed by atoms with Crippen molar-refractivity contribution in [1.82, 2.24) is 16.2 Å². The van der Waals surface area contributed by atoms with E-state index in [-0.39, 0.29) is 5.96 Å². The van der Waals surface area contributed by atoms with Crippen LogP contribution in [0.1, 0.15) is 17.5 Å². The van der Waals surface area contributed by atoms with Gasteiger partial charge < -0.3 is 11.1 Å². The predicted octanol–water partition coefficient (Wildman–Crippen LogP) is 0.225. The predicted molar refractivity (Wildman–Crippen MR) is 84.2 cm³/mol. The summed E-state index contributed by atoms with van der Waals surface area (Å²) in [5.74, 6) is -0.293. The van der Waals surface area contributed by atoms with Crippen molar-refractivity contribution in [2.45, 2.75) is 12.2 Å². The summed E-state index contributed by atoms with van der Waals surface area (Å²) in [5, 5.41) is 4.11. The molecule has 0 aliphatic carbocycles. The Morgan fingerprint density at radius 3 is 2.48 bits per heavy atom. The number of nitrogens with zero attached hydrogens (tertiary/aromatic N) is 2. The second-order valence-electron chi connectivity index (χ2n) is 4.84. The first-order chi connectivity index (χ1) is 9.99. The van der Waals surface area contributed by atoms with Crippen LogP contribution in [0.3, 0.4) is 0 Å². The van der Waals surface area contributed by atoms with Crippen LogP contribution in [0, 0.1) is 0 Å². The van der Waals surface area contributed by atoms with Gasteiger partial charge >= 0.3 is 0 Å². The Morgan fingerprint density at radius 2 is 1.95 bits per heavy atom. The summed E-state index contributed by atoms with van der Waals surface area (Å²) >= 11 is 12.7. The van der Waals surface area contributed by atoms with Crippen LogP contribution in [-0.4, -0.2) is 24.9 Å². The molecule has 2 aliphatic heterocycles. The van der Waals surface area contributed by atoms with Gasteiger partial charge in [-0.1, -0.05) is 23.2 Å². The lowest BCUT2D eigenvalue weighted by molar-refractivity contribution is 0.375. The summed E-state index contributed by atoms with van der Waals surface area (Å²) in [4.78, 5) is 8.51. The van der Waals surface area contributed by atoms with Gasteiger partial charge in [0.15, 0.2) is 0 Å². The van der Waals surface area contributed by atoms with Crippen LogP contribution >= 0.6 is 23.2 Å². The molecule has 1 aromatic rings. The fraction of sp³-hybridized carbons (Fsp3) is 0.333. The Labute approximate surface area is 131 Å². The molecule has 1 atom stereocenters. The van der Waals surface area contributed by atoms with Crippen molar-refractivity contribution >= 4 is 35.0 Å². The minimum atomic E-state index is -1.20. The molecule has 1 aromatic carbocycles. The van der Waals surface area contributed by atoms with E-state index in [1.165, 1.54) is 0 Å². The van der Waals surface area contributed by atoms with Crippen LogP contribution in [0.2, 0.25) is 10.0 Å². The molecule has 0 amide bonds. The number of amidine groups is 1. The molecule has 21 heavy (non-hydrogen) atoms. The lowest BCUT2D eigenvalue weighted by Gasteiger charge is -2.23. The summed E-state index contributed by atoms with van der Waals surface area (Å²) in [5.41, 5.74) is 18.4. The van der Waals surface area contributed by atoms with Gasteiger partial charge in [-0.25, -0.2) is 4.99 Å². The summed E-state index contributed by atoms with van der Waals surface area (Å²) in [6.07, 6.45) is 0.992. The van der Waals surface area contributed by atoms with Crippen molar-refractivity contribution in [3.63, 3.8) is 0 Å². The quantitative estimate of drug-likeness (QED) is 0.533. The van der Waals surface area contributed by atoms with Crippen LogP contribution in [-0.2, 0) is 5.79 Å². The zero-order valence-electron chi connectivity index (χ0n) is 11.1. The summed E-state index contributed by atoms with van der Waals surface area (Å²) in [6, 6.07) is 3.41. The number of guanidine groups is 1. The minimum absolute atomic E-state index is 0.201. The lowest BCUT2D eigenvalue weighted by atomic mass is 10.1. The average molecular weight is 328 g/mol. The van der Waals surface area contributed by atoms with E-state index < -0.39 is 5.79 Å². The van der Waals surface area contributed by atoms with Crippen LogP contribution in [0.5, 0.6) is 0 Å². The number of nitrogens with one attached hydrogen (secondary N) is 3. The Balaban J connectivity index is 2.02. The highest BCUT2D eigenvalue weighted by Crippen LogP contribution is 2.31. The highest BCUT2D eigenvalue weighted by Gasteiger charge is 2.33. The number of benzene rings is 1. The van der Waals surface area contributed by atoms with Gasteiger partial charge in [0.25, 0.3) is 0 Å². The van der Waals surface area contributed by atoms with Crippen LogP contribution < -0.4 is 27.6 Å². The molecular formula is C12H15Cl2N7. The van der Waals surface area contributed by atoms with Crippen LogP contribution in [0.15, 0.2) is 22.1 Å². The molecule has 0 bridgehead atoms. The van der Waals surface area contributed by atoms with Crippen molar-refractivity contribution in [3.8, 4) is 0 Å². The van der Waals surface area contributed by atoms with Gasteiger partial charge in [-0.3, -0.25) is 16.2 Å². The normalized spacial score (nSPS) is 24.9. The number of halogens is 2. The zero-order chi connectivity index (χ0) is 15.0. The third kappa shape index (κ3) is 2.65. The first-order valence-corrected chi connectivity index (χ1v) is 7.21. The number of nitrogens with two attached hydrogens (primary N) is 2. The molecule has 0 saturated carbocycles. The molecular weight excluding hydrogens is 313 g/mol. The fourth-order valence-electron chi connectivity index (χ4n) is 2.26. The first kappa shape index (κ1) is 14.4. The molecule has 9 heteroatoms. The molecule has 0 fully saturated rings. The van der Waals surface area contributed by atoms with E-state index in [0.29, 0.717) is 27.0 Å².